The van der Waals surface area contributed by atoms with Gasteiger partial charge in [0.15, 0.2) is 11.6 Å². The summed E-state index contributed by atoms with van der Waals surface area (Å²) in [5.41, 5.74) is 0.752. The molecule has 0 radical (unpaired) electrons. The van der Waals surface area contributed by atoms with Crippen LogP contribution in [0.25, 0.3) is 0 Å². The SMILES string of the molecule is O=C(CSc1ccc(NC(=O)c2cccc(F)c2)nn1)c1ccc(Cl)cc1. The molecule has 0 aliphatic carbocycles. The van der Waals surface area contributed by atoms with Crippen LogP contribution in [0.5, 0.6) is 0 Å². The summed E-state index contributed by atoms with van der Waals surface area (Å²) in [5.74, 6) is -0.599. The Balaban J connectivity index is 1.56. The second-order valence-electron chi connectivity index (χ2n) is 5.44. The van der Waals surface area contributed by atoms with Crippen LogP contribution in [0.15, 0.2) is 65.7 Å². The fraction of sp³-hybridized carbons (Fsp3) is 0.0526. The highest BCUT2D eigenvalue weighted by Crippen LogP contribution is 2.18. The monoisotopic (exact) mass is 401 g/mol. The van der Waals surface area contributed by atoms with Crippen molar-refractivity contribution in [3.8, 4) is 0 Å². The van der Waals surface area contributed by atoms with Gasteiger partial charge < -0.3 is 5.32 Å². The quantitative estimate of drug-likeness (QED) is 0.486. The number of nitrogens with zero attached hydrogens (tertiary/aromatic N) is 2. The van der Waals surface area contributed by atoms with Gasteiger partial charge in [-0.1, -0.05) is 29.4 Å². The van der Waals surface area contributed by atoms with Crippen LogP contribution < -0.4 is 5.32 Å². The molecule has 0 saturated heterocycles. The first-order valence-electron chi connectivity index (χ1n) is 7.83. The molecule has 1 amide bonds. The number of thioether (sulfide) groups is 1. The summed E-state index contributed by atoms with van der Waals surface area (Å²) in [5, 5.41) is 11.5. The van der Waals surface area contributed by atoms with Gasteiger partial charge in [0.25, 0.3) is 5.91 Å². The number of ketones is 1. The van der Waals surface area contributed by atoms with Crippen LogP contribution in [0.2, 0.25) is 5.02 Å². The predicted octanol–water partition coefficient (Wildman–Crippen LogP) is 4.50. The van der Waals surface area contributed by atoms with E-state index in [0.717, 1.165) is 6.07 Å². The van der Waals surface area contributed by atoms with Crippen LogP contribution in [0, 0.1) is 5.82 Å². The Bertz CT molecular complexity index is 965. The van der Waals surface area contributed by atoms with Gasteiger partial charge in [-0.25, -0.2) is 4.39 Å². The maximum absolute atomic E-state index is 13.2. The molecule has 0 unspecified atom stereocenters. The maximum Gasteiger partial charge on any atom is 0.256 e. The second-order valence-corrected chi connectivity index (χ2v) is 6.87. The third-order valence-electron chi connectivity index (χ3n) is 3.49. The topological polar surface area (TPSA) is 72.0 Å². The molecule has 0 saturated carbocycles. The minimum Gasteiger partial charge on any atom is -0.305 e. The van der Waals surface area contributed by atoms with Crippen molar-refractivity contribution < 1.29 is 14.0 Å². The zero-order chi connectivity index (χ0) is 19.2. The van der Waals surface area contributed by atoms with Gasteiger partial charge in [0.2, 0.25) is 0 Å². The molecule has 0 aliphatic rings. The maximum atomic E-state index is 13.2. The lowest BCUT2D eigenvalue weighted by Crippen LogP contribution is -2.13. The molecule has 0 aliphatic heterocycles. The summed E-state index contributed by atoms with van der Waals surface area (Å²) in [6.45, 7) is 0. The largest absolute Gasteiger partial charge is 0.305 e. The minimum absolute atomic E-state index is 0.0537. The number of hydrogen-bond donors (Lipinski definition) is 1. The van der Waals surface area contributed by atoms with E-state index in [1.807, 2.05) is 0 Å². The summed E-state index contributed by atoms with van der Waals surface area (Å²) >= 11 is 7.04. The molecule has 0 fully saturated rings. The lowest BCUT2D eigenvalue weighted by atomic mass is 10.1. The number of halogens is 2. The van der Waals surface area contributed by atoms with Gasteiger partial charge in [-0.15, -0.1) is 10.2 Å². The van der Waals surface area contributed by atoms with Gasteiger partial charge in [-0.05, 0) is 54.6 Å². The molecule has 3 aromatic rings. The number of anilines is 1. The van der Waals surface area contributed by atoms with Crippen LogP contribution in [0.3, 0.4) is 0 Å². The lowest BCUT2D eigenvalue weighted by Gasteiger charge is -2.05. The first-order valence-corrected chi connectivity index (χ1v) is 9.20. The molecule has 5 nitrogen and oxygen atoms in total. The number of benzene rings is 2. The minimum atomic E-state index is -0.495. The van der Waals surface area contributed by atoms with Crippen molar-refractivity contribution in [1.29, 1.82) is 0 Å². The number of aromatic nitrogens is 2. The van der Waals surface area contributed by atoms with E-state index < -0.39 is 11.7 Å². The van der Waals surface area contributed by atoms with Crippen molar-refractivity contribution in [3.05, 3.63) is 82.6 Å². The summed E-state index contributed by atoms with van der Waals surface area (Å²) in [6.07, 6.45) is 0. The van der Waals surface area contributed by atoms with Crippen LogP contribution >= 0.6 is 23.4 Å². The molecule has 2 aromatic carbocycles. The molecule has 8 heteroatoms. The Labute approximate surface area is 164 Å². The van der Waals surface area contributed by atoms with Crippen molar-refractivity contribution in [2.45, 2.75) is 5.03 Å². The van der Waals surface area contributed by atoms with Crippen molar-refractivity contribution in [2.24, 2.45) is 0 Å². The molecule has 27 heavy (non-hydrogen) atoms. The van der Waals surface area contributed by atoms with Gasteiger partial charge >= 0.3 is 0 Å². The van der Waals surface area contributed by atoms with E-state index in [2.05, 4.69) is 15.5 Å². The third kappa shape index (κ3) is 5.35. The molecule has 136 valence electrons. The van der Waals surface area contributed by atoms with Crippen molar-refractivity contribution >= 4 is 40.9 Å². The summed E-state index contributed by atoms with van der Waals surface area (Å²) in [4.78, 5) is 24.2. The van der Waals surface area contributed by atoms with Crippen LogP contribution in [0.1, 0.15) is 20.7 Å². The summed E-state index contributed by atoms with van der Waals surface area (Å²) < 4.78 is 13.2. The molecule has 0 atom stereocenters. The first kappa shape index (κ1) is 19.0. The fourth-order valence-corrected chi connectivity index (χ4v) is 2.97. The normalized spacial score (nSPS) is 10.4. The zero-order valence-corrected chi connectivity index (χ0v) is 15.4. The van der Waals surface area contributed by atoms with E-state index in [4.69, 9.17) is 11.6 Å². The van der Waals surface area contributed by atoms with Gasteiger partial charge in [0, 0.05) is 16.1 Å². The van der Waals surface area contributed by atoms with Crippen LogP contribution in [-0.2, 0) is 0 Å². The van der Waals surface area contributed by atoms with E-state index >= 15 is 0 Å². The number of amides is 1. The number of Topliss-reactive ketones (excluding diaryl/α,β-unsaturated/α-hetero) is 1. The average Bonchev–Trinajstić information content (AvgIpc) is 2.68. The highest BCUT2D eigenvalue weighted by atomic mass is 35.5. The highest BCUT2D eigenvalue weighted by molar-refractivity contribution is 7.99. The summed E-state index contributed by atoms with van der Waals surface area (Å²) in [6, 6.07) is 15.2. The predicted molar refractivity (Wildman–Crippen MR) is 103 cm³/mol. The van der Waals surface area contributed by atoms with E-state index in [-0.39, 0.29) is 22.9 Å². The van der Waals surface area contributed by atoms with Crippen molar-refractivity contribution in [1.82, 2.24) is 10.2 Å². The average molecular weight is 402 g/mol. The molecule has 1 heterocycles. The Kier molecular flexibility index (Phi) is 6.16. The van der Waals surface area contributed by atoms with Gasteiger partial charge in [0.1, 0.15) is 10.8 Å². The fourth-order valence-electron chi connectivity index (χ4n) is 2.14. The zero-order valence-electron chi connectivity index (χ0n) is 13.9. The second kappa shape index (κ2) is 8.75. The smallest absolute Gasteiger partial charge is 0.256 e. The first-order chi connectivity index (χ1) is 13.0. The Morgan fingerprint density at radius 3 is 2.44 bits per heavy atom. The van der Waals surface area contributed by atoms with Gasteiger partial charge in [-0.3, -0.25) is 9.59 Å². The van der Waals surface area contributed by atoms with Gasteiger partial charge in [0.05, 0.1) is 5.75 Å². The lowest BCUT2D eigenvalue weighted by molar-refractivity contribution is 0.101. The number of nitrogens with one attached hydrogen (secondary N) is 1. The van der Waals surface area contributed by atoms with Crippen molar-refractivity contribution in [2.75, 3.05) is 11.1 Å². The molecule has 3 rings (SSSR count). The number of rotatable bonds is 6. The Morgan fingerprint density at radius 1 is 1.00 bits per heavy atom. The molecular formula is C19H13ClFN3O2S. The van der Waals surface area contributed by atoms with E-state index in [9.17, 15) is 14.0 Å². The van der Waals surface area contributed by atoms with E-state index in [0.29, 0.717) is 15.6 Å². The highest BCUT2D eigenvalue weighted by Gasteiger charge is 2.10. The van der Waals surface area contributed by atoms with E-state index in [1.54, 1.807) is 36.4 Å². The third-order valence-corrected chi connectivity index (χ3v) is 4.66. The summed E-state index contributed by atoms with van der Waals surface area (Å²) in [7, 11) is 0. The molecule has 1 N–H and O–H groups in total. The Morgan fingerprint density at radius 2 is 1.78 bits per heavy atom. The molecule has 0 spiro atoms. The molecule has 1 aromatic heterocycles. The van der Waals surface area contributed by atoms with Crippen molar-refractivity contribution in [3.63, 3.8) is 0 Å². The number of carbonyl (C=O) groups is 2. The van der Waals surface area contributed by atoms with Crippen LogP contribution in [-0.4, -0.2) is 27.6 Å². The van der Waals surface area contributed by atoms with Crippen LogP contribution in [0.4, 0.5) is 10.2 Å². The molecular weight excluding hydrogens is 389 g/mol. The number of carbonyl (C=O) groups excluding carboxylic acids is 2. The van der Waals surface area contributed by atoms with Gasteiger partial charge in [-0.2, -0.15) is 0 Å². The standard InChI is InChI=1S/C19H13ClFN3O2S/c20-14-6-4-12(5-7-14)16(25)11-27-18-9-8-17(23-24-18)22-19(26)13-2-1-3-15(21)10-13/h1-10H,11H2,(H,22,23,26). The molecule has 0 bridgehead atoms. The Hall–Kier alpha value is -2.77. The number of hydrogen-bond acceptors (Lipinski definition) is 5. The van der Waals surface area contributed by atoms with E-state index in [1.165, 1.54) is 30.0 Å².